The lowest BCUT2D eigenvalue weighted by Gasteiger charge is -2.27. The van der Waals surface area contributed by atoms with Crippen molar-refractivity contribution in [1.29, 1.82) is 5.26 Å². The molecule has 0 fully saturated rings. The summed E-state index contributed by atoms with van der Waals surface area (Å²) < 4.78 is 4.86. The maximum atomic E-state index is 12.0. The molecule has 0 bridgehead atoms. The highest BCUT2D eigenvalue weighted by Gasteiger charge is 2.31. The molecule has 1 aromatic heterocycles. The first kappa shape index (κ1) is 20.3. The Morgan fingerprint density at radius 1 is 1.38 bits per heavy atom. The number of rotatable bonds is 5. The minimum Gasteiger partial charge on any atom is -0.448 e. The Hall–Kier alpha value is -1.75. The summed E-state index contributed by atoms with van der Waals surface area (Å²) in [6, 6.07) is 2.01. The zero-order valence-electron chi connectivity index (χ0n) is 13.2. The molecule has 10 heteroatoms. The van der Waals surface area contributed by atoms with Gasteiger partial charge in [0, 0.05) is 0 Å². The van der Waals surface area contributed by atoms with Gasteiger partial charge in [-0.15, -0.1) is 0 Å². The molecule has 0 aliphatic carbocycles. The number of H-pyrrole nitrogens is 1. The van der Waals surface area contributed by atoms with Gasteiger partial charge in [0.05, 0.1) is 11.8 Å². The number of nitrogens with zero attached hydrogens (tertiary/aromatic N) is 1. The van der Waals surface area contributed by atoms with Crippen molar-refractivity contribution in [2.45, 2.75) is 26.3 Å². The SMILES string of the molecule is CC(C)[C@](C)(C#N)NC(=O)COC(=O)c1[nH+]c(Cl)c(Cl)c(N)c1Cl. The summed E-state index contributed by atoms with van der Waals surface area (Å²) in [5, 5.41) is 11.4. The minimum atomic E-state index is -1.08. The van der Waals surface area contributed by atoms with Crippen LogP contribution in [0, 0.1) is 17.2 Å². The molecule has 0 aliphatic heterocycles. The number of nitriles is 1. The lowest BCUT2D eigenvalue weighted by Crippen LogP contribution is -2.50. The number of carbonyl (C=O) groups is 2. The number of esters is 1. The van der Waals surface area contributed by atoms with Gasteiger partial charge in [0.1, 0.15) is 15.6 Å². The molecule has 1 aromatic rings. The Morgan fingerprint density at radius 2 is 1.96 bits per heavy atom. The molecule has 0 saturated heterocycles. The molecule has 1 rings (SSSR count). The van der Waals surface area contributed by atoms with E-state index < -0.39 is 24.0 Å². The second-order valence-corrected chi connectivity index (χ2v) is 6.58. The van der Waals surface area contributed by atoms with Crippen LogP contribution in [0.1, 0.15) is 31.3 Å². The molecule has 0 spiro atoms. The quantitative estimate of drug-likeness (QED) is 0.586. The predicted molar refractivity (Wildman–Crippen MR) is 89.7 cm³/mol. The fourth-order valence-electron chi connectivity index (χ4n) is 1.54. The highest BCUT2D eigenvalue weighted by Crippen LogP contribution is 2.32. The van der Waals surface area contributed by atoms with Crippen LogP contribution in [-0.2, 0) is 9.53 Å². The van der Waals surface area contributed by atoms with E-state index >= 15 is 0 Å². The number of hydrogen-bond donors (Lipinski definition) is 2. The molecule has 1 heterocycles. The number of anilines is 1. The summed E-state index contributed by atoms with van der Waals surface area (Å²) in [4.78, 5) is 26.3. The van der Waals surface area contributed by atoms with Crippen LogP contribution in [0.4, 0.5) is 5.69 Å². The summed E-state index contributed by atoms with van der Waals surface area (Å²) in [7, 11) is 0. The van der Waals surface area contributed by atoms with Gasteiger partial charge < -0.3 is 15.8 Å². The summed E-state index contributed by atoms with van der Waals surface area (Å²) in [5.74, 6) is -1.71. The number of ether oxygens (including phenoxy) is 1. The number of carbonyl (C=O) groups excluding carboxylic acids is 2. The normalized spacial score (nSPS) is 13.1. The summed E-state index contributed by atoms with van der Waals surface area (Å²) >= 11 is 17.5. The molecule has 7 nitrogen and oxygen atoms in total. The molecule has 0 saturated carbocycles. The smallest absolute Gasteiger partial charge is 0.405 e. The van der Waals surface area contributed by atoms with E-state index in [1.165, 1.54) is 0 Å². The zero-order valence-corrected chi connectivity index (χ0v) is 15.4. The molecule has 24 heavy (non-hydrogen) atoms. The number of nitrogens with one attached hydrogen (secondary N) is 2. The van der Waals surface area contributed by atoms with Gasteiger partial charge in [0.25, 0.3) is 11.1 Å². The Labute approximate surface area is 154 Å². The first-order valence-corrected chi connectivity index (χ1v) is 7.91. The van der Waals surface area contributed by atoms with Crippen LogP contribution in [0.15, 0.2) is 0 Å². The third kappa shape index (κ3) is 4.41. The number of nitrogen functional groups attached to an aromatic ring is 1. The Morgan fingerprint density at radius 3 is 2.46 bits per heavy atom. The van der Waals surface area contributed by atoms with Crippen LogP contribution in [0.2, 0.25) is 15.2 Å². The first-order valence-electron chi connectivity index (χ1n) is 6.78. The van der Waals surface area contributed by atoms with Crippen LogP contribution in [-0.4, -0.2) is 24.0 Å². The maximum Gasteiger partial charge on any atom is 0.405 e. The van der Waals surface area contributed by atoms with Gasteiger partial charge in [-0.05, 0) is 24.4 Å². The Balaban J connectivity index is 2.81. The summed E-state index contributed by atoms with van der Waals surface area (Å²) in [5.41, 5.74) is 4.22. The van der Waals surface area contributed by atoms with Gasteiger partial charge in [0.15, 0.2) is 6.61 Å². The van der Waals surface area contributed by atoms with Gasteiger partial charge in [-0.2, -0.15) is 10.2 Å². The average molecular weight is 395 g/mol. The van der Waals surface area contributed by atoms with E-state index in [1.807, 2.05) is 6.07 Å². The van der Waals surface area contributed by atoms with Gasteiger partial charge in [0.2, 0.25) is 0 Å². The van der Waals surface area contributed by atoms with Crippen LogP contribution in [0.5, 0.6) is 0 Å². The van der Waals surface area contributed by atoms with E-state index in [2.05, 4.69) is 10.3 Å². The van der Waals surface area contributed by atoms with Crippen molar-refractivity contribution in [2.75, 3.05) is 12.3 Å². The van der Waals surface area contributed by atoms with Crippen molar-refractivity contribution in [3.05, 3.63) is 20.9 Å². The average Bonchev–Trinajstić information content (AvgIpc) is 2.53. The third-order valence-corrected chi connectivity index (χ3v) is 4.61. The highest BCUT2D eigenvalue weighted by molar-refractivity contribution is 6.45. The van der Waals surface area contributed by atoms with Crippen LogP contribution >= 0.6 is 34.8 Å². The van der Waals surface area contributed by atoms with Crippen LogP contribution in [0.3, 0.4) is 0 Å². The Kier molecular flexibility index (Phi) is 6.67. The van der Waals surface area contributed by atoms with E-state index in [-0.39, 0.29) is 32.5 Å². The molecule has 1 amide bonds. The molecule has 0 aliphatic rings. The third-order valence-electron chi connectivity index (χ3n) is 3.44. The minimum absolute atomic E-state index is 0.0299. The number of aromatic amines is 1. The van der Waals surface area contributed by atoms with Crippen molar-refractivity contribution in [2.24, 2.45) is 5.92 Å². The van der Waals surface area contributed by atoms with E-state index in [4.69, 9.17) is 50.5 Å². The van der Waals surface area contributed by atoms with E-state index in [0.29, 0.717) is 0 Å². The molecule has 4 N–H and O–H groups in total. The van der Waals surface area contributed by atoms with Gasteiger partial charge in [-0.1, -0.05) is 37.0 Å². The Bertz CT molecular complexity index is 718. The fourth-order valence-corrected chi connectivity index (χ4v) is 2.15. The van der Waals surface area contributed by atoms with Gasteiger partial charge >= 0.3 is 11.7 Å². The van der Waals surface area contributed by atoms with E-state index in [9.17, 15) is 9.59 Å². The van der Waals surface area contributed by atoms with Crippen molar-refractivity contribution in [3.63, 3.8) is 0 Å². The first-order chi connectivity index (χ1) is 11.0. The second kappa shape index (κ2) is 7.88. The van der Waals surface area contributed by atoms with Gasteiger partial charge in [-0.25, -0.2) is 4.79 Å². The molecule has 0 aromatic carbocycles. The number of halogens is 3. The van der Waals surface area contributed by atoms with E-state index in [1.54, 1.807) is 20.8 Å². The number of pyridine rings is 1. The fraction of sp³-hybridized carbons (Fsp3) is 0.429. The van der Waals surface area contributed by atoms with Crippen molar-refractivity contribution < 1.29 is 19.3 Å². The van der Waals surface area contributed by atoms with Crippen molar-refractivity contribution >= 4 is 52.4 Å². The van der Waals surface area contributed by atoms with Crippen LogP contribution in [0.25, 0.3) is 0 Å². The van der Waals surface area contributed by atoms with Gasteiger partial charge in [-0.3, -0.25) is 4.79 Å². The monoisotopic (exact) mass is 393 g/mol. The molecule has 0 unspecified atom stereocenters. The number of aromatic nitrogens is 1. The maximum absolute atomic E-state index is 12.0. The molecule has 1 atom stereocenters. The molecular weight excluding hydrogens is 379 g/mol. The number of amides is 1. The lowest BCUT2D eigenvalue weighted by atomic mass is 9.90. The topological polar surface area (TPSA) is 119 Å². The van der Waals surface area contributed by atoms with Crippen molar-refractivity contribution in [1.82, 2.24) is 5.32 Å². The zero-order chi connectivity index (χ0) is 18.7. The standard InChI is InChI=1S/C14H15Cl3N4O3/c1-6(2)14(3,5-18)21-7(22)4-24-13(23)11-8(15)10(19)9(16)12(17)20-11/h6H,4H2,1-3H3,(H2,19,20)(H,21,22)/p+1/t14-/m0/s1. The van der Waals surface area contributed by atoms with E-state index in [0.717, 1.165) is 0 Å². The van der Waals surface area contributed by atoms with Crippen molar-refractivity contribution in [3.8, 4) is 6.07 Å². The molecule has 130 valence electrons. The van der Waals surface area contributed by atoms with Crippen LogP contribution < -0.4 is 16.0 Å². The number of hydrogen-bond acceptors (Lipinski definition) is 5. The lowest BCUT2D eigenvalue weighted by molar-refractivity contribution is -0.380. The number of nitrogens with two attached hydrogens (primary N) is 1. The summed E-state index contributed by atoms with van der Waals surface area (Å²) in [6.45, 7) is 4.53. The molecular formula is C14H16Cl3N4O3+. The molecule has 0 radical (unpaired) electrons. The predicted octanol–water partition coefficient (Wildman–Crippen LogP) is 2.25. The largest absolute Gasteiger partial charge is 0.448 e. The summed E-state index contributed by atoms with van der Waals surface area (Å²) in [6.07, 6.45) is 0. The second-order valence-electron chi connectivity index (χ2n) is 5.45. The highest BCUT2D eigenvalue weighted by atomic mass is 35.5.